The fraction of sp³-hybridized carbons (Fsp3) is 0.650. The van der Waals surface area contributed by atoms with Crippen molar-refractivity contribution in [1.82, 2.24) is 9.80 Å². The van der Waals surface area contributed by atoms with Crippen molar-refractivity contribution in [1.29, 1.82) is 0 Å². The molecule has 0 unspecified atom stereocenters. The van der Waals surface area contributed by atoms with Gasteiger partial charge < -0.3 is 19.6 Å². The Balaban J connectivity index is 1.84. The number of rotatable bonds is 8. The van der Waals surface area contributed by atoms with Crippen LogP contribution in [0.15, 0.2) is 18.2 Å². The van der Waals surface area contributed by atoms with E-state index in [2.05, 4.69) is 4.90 Å². The molecule has 1 fully saturated rings. The molecule has 0 saturated carbocycles. The lowest BCUT2D eigenvalue weighted by atomic mass is 10.1. The molecule has 0 spiro atoms. The summed E-state index contributed by atoms with van der Waals surface area (Å²) in [6, 6.07) is 5.65. The summed E-state index contributed by atoms with van der Waals surface area (Å²) < 4.78 is 5.23. The lowest BCUT2D eigenvalue weighted by Crippen LogP contribution is -2.35. The quantitative estimate of drug-likeness (QED) is 0.734. The number of benzene rings is 1. The molecule has 5 heteroatoms. The number of hydrogen-bond donors (Lipinski definition) is 1. The highest BCUT2D eigenvalue weighted by Crippen LogP contribution is 2.19. The molecule has 1 N–H and O–H groups in total. The van der Waals surface area contributed by atoms with E-state index in [9.17, 15) is 4.79 Å². The first-order valence-electron chi connectivity index (χ1n) is 9.43. The largest absolute Gasteiger partial charge is 0.497 e. The molecule has 1 heterocycles. The highest BCUT2D eigenvalue weighted by Gasteiger charge is 2.21. The van der Waals surface area contributed by atoms with Crippen LogP contribution in [0.2, 0.25) is 0 Å². The number of nitrogens with zero attached hydrogens (tertiary/aromatic N) is 2. The Morgan fingerprint density at radius 1 is 1.12 bits per heavy atom. The van der Waals surface area contributed by atoms with Crippen LogP contribution in [0.5, 0.6) is 5.75 Å². The van der Waals surface area contributed by atoms with Gasteiger partial charge in [0.05, 0.1) is 7.11 Å². The SMILES string of the molecule is COc1ccc(C(=O)N2CCCN(CCCCCCO)CC2)c(C)c1. The van der Waals surface area contributed by atoms with Crippen LogP contribution in [0, 0.1) is 6.92 Å². The number of aliphatic hydroxyl groups excluding tert-OH is 1. The topological polar surface area (TPSA) is 53.0 Å². The molecule has 1 aromatic rings. The van der Waals surface area contributed by atoms with Crippen LogP contribution in [0.4, 0.5) is 0 Å². The molecule has 0 aromatic heterocycles. The van der Waals surface area contributed by atoms with E-state index in [0.717, 1.165) is 68.9 Å². The van der Waals surface area contributed by atoms with E-state index in [1.807, 2.05) is 30.0 Å². The predicted molar refractivity (Wildman–Crippen MR) is 100 cm³/mol. The molecule has 0 atom stereocenters. The average molecular weight is 348 g/mol. The van der Waals surface area contributed by atoms with E-state index in [-0.39, 0.29) is 5.91 Å². The summed E-state index contributed by atoms with van der Waals surface area (Å²) in [5.41, 5.74) is 1.74. The van der Waals surface area contributed by atoms with Gasteiger partial charge in [-0.1, -0.05) is 12.8 Å². The number of carbonyl (C=O) groups excluding carboxylic acids is 1. The zero-order chi connectivity index (χ0) is 18.1. The molecular weight excluding hydrogens is 316 g/mol. The fourth-order valence-corrected chi connectivity index (χ4v) is 3.37. The highest BCUT2D eigenvalue weighted by molar-refractivity contribution is 5.95. The van der Waals surface area contributed by atoms with Gasteiger partial charge in [-0.05, 0) is 63.0 Å². The Labute approximate surface area is 151 Å². The molecule has 1 saturated heterocycles. The number of unbranched alkanes of at least 4 members (excludes halogenated alkanes) is 3. The number of amides is 1. The van der Waals surface area contributed by atoms with Crippen molar-refractivity contribution in [3.8, 4) is 5.75 Å². The molecule has 0 radical (unpaired) electrons. The van der Waals surface area contributed by atoms with Crippen LogP contribution in [-0.2, 0) is 0 Å². The van der Waals surface area contributed by atoms with Crippen LogP contribution >= 0.6 is 0 Å². The predicted octanol–water partition coefficient (Wildman–Crippen LogP) is 2.70. The van der Waals surface area contributed by atoms with E-state index in [0.29, 0.717) is 6.61 Å². The molecule has 1 aliphatic rings. The van der Waals surface area contributed by atoms with Gasteiger partial charge in [-0.25, -0.2) is 0 Å². The van der Waals surface area contributed by atoms with Gasteiger partial charge in [-0.3, -0.25) is 4.79 Å². The molecular formula is C20H32N2O3. The van der Waals surface area contributed by atoms with E-state index in [1.165, 1.54) is 12.8 Å². The number of aryl methyl sites for hydroxylation is 1. The minimum atomic E-state index is 0.130. The summed E-state index contributed by atoms with van der Waals surface area (Å²) in [7, 11) is 1.64. The third kappa shape index (κ3) is 6.01. The van der Waals surface area contributed by atoms with Gasteiger partial charge in [-0.15, -0.1) is 0 Å². The summed E-state index contributed by atoms with van der Waals surface area (Å²) >= 11 is 0. The molecule has 1 aromatic carbocycles. The molecule has 140 valence electrons. The molecule has 2 rings (SSSR count). The maximum absolute atomic E-state index is 12.9. The Morgan fingerprint density at radius 2 is 1.92 bits per heavy atom. The summed E-state index contributed by atoms with van der Waals surface area (Å²) in [5.74, 6) is 0.919. The maximum atomic E-state index is 12.9. The Bertz CT molecular complexity index is 548. The summed E-state index contributed by atoms with van der Waals surface area (Å²) in [6.45, 7) is 6.98. The molecule has 25 heavy (non-hydrogen) atoms. The van der Waals surface area contributed by atoms with Crippen molar-refractivity contribution in [3.63, 3.8) is 0 Å². The van der Waals surface area contributed by atoms with Crippen molar-refractivity contribution < 1.29 is 14.6 Å². The lowest BCUT2D eigenvalue weighted by molar-refractivity contribution is 0.0760. The minimum Gasteiger partial charge on any atom is -0.497 e. The maximum Gasteiger partial charge on any atom is 0.254 e. The smallest absolute Gasteiger partial charge is 0.254 e. The van der Waals surface area contributed by atoms with Crippen LogP contribution in [0.25, 0.3) is 0 Å². The number of ether oxygens (including phenoxy) is 1. The van der Waals surface area contributed by atoms with Gasteiger partial charge >= 0.3 is 0 Å². The molecule has 1 amide bonds. The normalized spacial score (nSPS) is 15.9. The van der Waals surface area contributed by atoms with Gasteiger partial charge in [0, 0.05) is 31.8 Å². The van der Waals surface area contributed by atoms with Crippen LogP contribution in [0.1, 0.15) is 48.0 Å². The second-order valence-corrected chi connectivity index (χ2v) is 6.81. The summed E-state index contributed by atoms with van der Waals surface area (Å²) in [4.78, 5) is 17.3. The molecule has 0 aliphatic carbocycles. The van der Waals surface area contributed by atoms with Gasteiger partial charge in [-0.2, -0.15) is 0 Å². The second-order valence-electron chi connectivity index (χ2n) is 6.81. The highest BCUT2D eigenvalue weighted by atomic mass is 16.5. The van der Waals surface area contributed by atoms with Crippen LogP contribution < -0.4 is 4.74 Å². The third-order valence-electron chi connectivity index (χ3n) is 4.92. The van der Waals surface area contributed by atoms with Gasteiger partial charge in [0.15, 0.2) is 0 Å². The van der Waals surface area contributed by atoms with Crippen molar-refractivity contribution in [2.45, 2.75) is 39.0 Å². The second kappa shape index (κ2) is 10.4. The van der Waals surface area contributed by atoms with Crippen molar-refractivity contribution in [2.75, 3.05) is 46.4 Å². The van der Waals surface area contributed by atoms with Crippen LogP contribution in [0.3, 0.4) is 0 Å². The standard InChI is InChI=1S/C20H32N2O3/c1-17-16-18(25-2)8-9-19(17)20(24)22-12-7-11-21(13-14-22)10-5-3-4-6-15-23/h8-9,16,23H,3-7,10-15H2,1-2H3. The van der Waals surface area contributed by atoms with Crippen LogP contribution in [-0.4, -0.2) is 67.3 Å². The van der Waals surface area contributed by atoms with Crippen molar-refractivity contribution in [3.05, 3.63) is 29.3 Å². The van der Waals surface area contributed by atoms with Gasteiger partial charge in [0.1, 0.15) is 5.75 Å². The number of carbonyl (C=O) groups is 1. The van der Waals surface area contributed by atoms with Crippen molar-refractivity contribution in [2.24, 2.45) is 0 Å². The first-order valence-corrected chi connectivity index (χ1v) is 9.43. The first kappa shape index (κ1) is 19.7. The third-order valence-corrected chi connectivity index (χ3v) is 4.92. The number of hydrogen-bond acceptors (Lipinski definition) is 4. The monoisotopic (exact) mass is 348 g/mol. The summed E-state index contributed by atoms with van der Waals surface area (Å²) in [5, 5.41) is 8.82. The van der Waals surface area contributed by atoms with E-state index in [4.69, 9.17) is 9.84 Å². The zero-order valence-corrected chi connectivity index (χ0v) is 15.7. The Kier molecular flexibility index (Phi) is 8.22. The Hall–Kier alpha value is -1.59. The average Bonchev–Trinajstić information content (AvgIpc) is 2.86. The molecule has 5 nitrogen and oxygen atoms in total. The Morgan fingerprint density at radius 3 is 2.64 bits per heavy atom. The minimum absolute atomic E-state index is 0.130. The van der Waals surface area contributed by atoms with Gasteiger partial charge in [0.2, 0.25) is 0 Å². The van der Waals surface area contributed by atoms with Gasteiger partial charge in [0.25, 0.3) is 5.91 Å². The zero-order valence-electron chi connectivity index (χ0n) is 15.7. The molecule has 0 bridgehead atoms. The lowest BCUT2D eigenvalue weighted by Gasteiger charge is -2.23. The van der Waals surface area contributed by atoms with E-state index < -0.39 is 0 Å². The molecule has 1 aliphatic heterocycles. The number of aliphatic hydroxyl groups is 1. The van der Waals surface area contributed by atoms with E-state index in [1.54, 1.807) is 7.11 Å². The van der Waals surface area contributed by atoms with E-state index >= 15 is 0 Å². The first-order chi connectivity index (χ1) is 12.2. The fourth-order valence-electron chi connectivity index (χ4n) is 3.37. The summed E-state index contributed by atoms with van der Waals surface area (Å²) in [6.07, 6.45) is 5.38. The number of methoxy groups -OCH3 is 1. The van der Waals surface area contributed by atoms with Crippen molar-refractivity contribution >= 4 is 5.91 Å².